The highest BCUT2D eigenvalue weighted by molar-refractivity contribution is 7.89. The first-order valence-electron chi connectivity index (χ1n) is 6.99. The summed E-state index contributed by atoms with van der Waals surface area (Å²) in [5.74, 6) is 0.573. The van der Waals surface area contributed by atoms with Crippen LogP contribution in [0.25, 0.3) is 11.5 Å². The molecule has 1 aromatic heterocycles. The van der Waals surface area contributed by atoms with Crippen LogP contribution in [0.2, 0.25) is 0 Å². The normalized spacial score (nSPS) is 11.5. The molecule has 0 saturated heterocycles. The summed E-state index contributed by atoms with van der Waals surface area (Å²) in [5.41, 5.74) is 1.88. The van der Waals surface area contributed by atoms with Gasteiger partial charge in [0.25, 0.3) is 0 Å². The lowest BCUT2D eigenvalue weighted by atomic mass is 10.1. The molecule has 0 aliphatic carbocycles. The Bertz CT molecular complexity index is 905. The topological polar surface area (TPSA) is 85.1 Å². The zero-order valence-electron chi connectivity index (χ0n) is 12.4. The Morgan fingerprint density at radius 3 is 2.57 bits per heavy atom. The molecule has 0 unspecified atom stereocenters. The lowest BCUT2D eigenvalue weighted by Gasteiger charge is -2.03. The summed E-state index contributed by atoms with van der Waals surface area (Å²) in [6.45, 7) is 1.91. The van der Waals surface area contributed by atoms with Crippen LogP contribution in [-0.2, 0) is 16.6 Å². The number of nitrogens with one attached hydrogen (secondary N) is 1. The summed E-state index contributed by atoms with van der Waals surface area (Å²) in [4.78, 5) is 0.193. The fourth-order valence-electron chi connectivity index (χ4n) is 2.06. The van der Waals surface area contributed by atoms with Crippen LogP contribution in [0.4, 0.5) is 0 Å². The van der Waals surface area contributed by atoms with Crippen LogP contribution in [0.15, 0.2) is 63.9 Å². The van der Waals surface area contributed by atoms with Gasteiger partial charge in [0.1, 0.15) is 0 Å². The molecule has 0 aliphatic heterocycles. The maximum atomic E-state index is 12.1. The quantitative estimate of drug-likeness (QED) is 0.777. The van der Waals surface area contributed by atoms with E-state index >= 15 is 0 Å². The number of aryl methyl sites for hydroxylation is 1. The van der Waals surface area contributed by atoms with E-state index in [0.717, 1.165) is 11.1 Å². The average Bonchev–Trinajstić information content (AvgIpc) is 3.03. The molecule has 0 spiro atoms. The minimum Gasteiger partial charge on any atom is -0.419 e. The van der Waals surface area contributed by atoms with E-state index < -0.39 is 10.0 Å². The van der Waals surface area contributed by atoms with Crippen molar-refractivity contribution in [1.29, 1.82) is 0 Å². The molecule has 0 saturated carbocycles. The maximum Gasteiger partial charge on any atom is 0.247 e. The molecule has 1 N–H and O–H groups in total. The van der Waals surface area contributed by atoms with Crippen molar-refractivity contribution in [3.8, 4) is 11.5 Å². The molecule has 7 heteroatoms. The summed E-state index contributed by atoms with van der Waals surface area (Å²) in [5, 5.41) is 7.82. The van der Waals surface area contributed by atoms with Crippen molar-refractivity contribution >= 4 is 10.0 Å². The van der Waals surface area contributed by atoms with Gasteiger partial charge in [-0.3, -0.25) is 0 Å². The number of benzene rings is 2. The third kappa shape index (κ3) is 3.64. The van der Waals surface area contributed by atoms with Crippen molar-refractivity contribution in [1.82, 2.24) is 14.9 Å². The van der Waals surface area contributed by atoms with Crippen molar-refractivity contribution in [3.05, 3.63) is 66.1 Å². The minimum atomic E-state index is -3.60. The molecule has 3 aromatic rings. The number of hydrogen-bond donors (Lipinski definition) is 1. The molecule has 3 rings (SSSR count). The lowest BCUT2D eigenvalue weighted by Crippen LogP contribution is -2.23. The number of rotatable bonds is 5. The summed E-state index contributed by atoms with van der Waals surface area (Å²) in [6, 6.07) is 15.8. The van der Waals surface area contributed by atoms with Gasteiger partial charge < -0.3 is 4.42 Å². The SMILES string of the molecule is Cc1cccc(-c2nnc(CNS(=O)(=O)c3ccccc3)o2)c1. The highest BCUT2D eigenvalue weighted by atomic mass is 32.2. The van der Waals surface area contributed by atoms with Gasteiger partial charge in [-0.1, -0.05) is 35.9 Å². The number of sulfonamides is 1. The van der Waals surface area contributed by atoms with Gasteiger partial charge in [-0.2, -0.15) is 0 Å². The van der Waals surface area contributed by atoms with Crippen LogP contribution in [0, 0.1) is 6.92 Å². The molecule has 0 aliphatic rings. The first-order valence-corrected chi connectivity index (χ1v) is 8.47. The van der Waals surface area contributed by atoms with Gasteiger partial charge in [-0.05, 0) is 31.2 Å². The first kappa shape index (κ1) is 15.4. The van der Waals surface area contributed by atoms with Gasteiger partial charge in [-0.15, -0.1) is 10.2 Å². The second-order valence-electron chi connectivity index (χ2n) is 5.01. The molecule has 0 fully saturated rings. The molecule has 0 atom stereocenters. The van der Waals surface area contributed by atoms with Crippen LogP contribution in [0.5, 0.6) is 0 Å². The lowest BCUT2D eigenvalue weighted by molar-refractivity contribution is 0.494. The summed E-state index contributed by atoms with van der Waals surface area (Å²) < 4.78 is 32.2. The predicted molar refractivity (Wildman–Crippen MR) is 84.9 cm³/mol. The van der Waals surface area contributed by atoms with E-state index in [1.807, 2.05) is 31.2 Å². The monoisotopic (exact) mass is 329 g/mol. The summed E-state index contributed by atoms with van der Waals surface area (Å²) in [6.07, 6.45) is 0. The summed E-state index contributed by atoms with van der Waals surface area (Å²) in [7, 11) is -3.60. The Kier molecular flexibility index (Phi) is 4.22. The fraction of sp³-hybridized carbons (Fsp3) is 0.125. The largest absolute Gasteiger partial charge is 0.419 e. The second kappa shape index (κ2) is 6.31. The zero-order valence-corrected chi connectivity index (χ0v) is 13.2. The third-order valence-corrected chi connectivity index (χ3v) is 4.62. The standard InChI is InChI=1S/C16H15N3O3S/c1-12-6-5-7-13(10-12)16-19-18-15(22-16)11-17-23(20,21)14-8-3-2-4-9-14/h2-10,17H,11H2,1H3. The van der Waals surface area contributed by atoms with Crippen molar-refractivity contribution in [2.75, 3.05) is 0 Å². The van der Waals surface area contributed by atoms with Crippen molar-refractivity contribution in [3.63, 3.8) is 0 Å². The van der Waals surface area contributed by atoms with E-state index in [1.54, 1.807) is 18.2 Å². The van der Waals surface area contributed by atoms with Gasteiger partial charge in [0, 0.05) is 5.56 Å². The zero-order chi connectivity index (χ0) is 16.3. The molecular formula is C16H15N3O3S. The number of hydrogen-bond acceptors (Lipinski definition) is 5. The van der Waals surface area contributed by atoms with E-state index in [1.165, 1.54) is 12.1 Å². The fourth-order valence-corrected chi connectivity index (χ4v) is 3.06. The van der Waals surface area contributed by atoms with Crippen molar-refractivity contribution in [2.24, 2.45) is 0 Å². The van der Waals surface area contributed by atoms with Gasteiger partial charge in [-0.25, -0.2) is 13.1 Å². The smallest absolute Gasteiger partial charge is 0.247 e. The molecule has 23 heavy (non-hydrogen) atoms. The van der Waals surface area contributed by atoms with E-state index in [2.05, 4.69) is 14.9 Å². The van der Waals surface area contributed by atoms with Crippen LogP contribution in [0.1, 0.15) is 11.5 Å². The predicted octanol–water partition coefficient (Wildman–Crippen LogP) is 2.52. The van der Waals surface area contributed by atoms with E-state index in [9.17, 15) is 8.42 Å². The molecular weight excluding hydrogens is 314 g/mol. The van der Waals surface area contributed by atoms with E-state index in [4.69, 9.17) is 4.42 Å². The first-order chi connectivity index (χ1) is 11.0. The van der Waals surface area contributed by atoms with Crippen LogP contribution in [0.3, 0.4) is 0 Å². The highest BCUT2D eigenvalue weighted by Crippen LogP contribution is 2.19. The third-order valence-electron chi connectivity index (χ3n) is 3.20. The van der Waals surface area contributed by atoms with Crippen LogP contribution in [-0.4, -0.2) is 18.6 Å². The highest BCUT2D eigenvalue weighted by Gasteiger charge is 2.15. The second-order valence-corrected chi connectivity index (χ2v) is 6.77. The minimum absolute atomic E-state index is 0.0595. The Labute approximate surface area is 134 Å². The molecule has 0 amide bonds. The molecule has 6 nitrogen and oxygen atoms in total. The molecule has 2 aromatic carbocycles. The Balaban J connectivity index is 1.73. The number of aromatic nitrogens is 2. The molecule has 0 bridgehead atoms. The van der Waals surface area contributed by atoms with E-state index in [0.29, 0.717) is 5.89 Å². The number of nitrogens with zero attached hydrogens (tertiary/aromatic N) is 2. The van der Waals surface area contributed by atoms with Crippen LogP contribution < -0.4 is 4.72 Å². The van der Waals surface area contributed by atoms with E-state index in [-0.39, 0.29) is 17.3 Å². The molecule has 118 valence electrons. The van der Waals surface area contributed by atoms with Gasteiger partial charge in [0.15, 0.2) is 0 Å². The molecule has 1 heterocycles. The molecule has 0 radical (unpaired) electrons. The Hall–Kier alpha value is -2.51. The van der Waals surface area contributed by atoms with Gasteiger partial charge in [0.05, 0.1) is 11.4 Å². The van der Waals surface area contributed by atoms with Gasteiger partial charge >= 0.3 is 0 Å². The average molecular weight is 329 g/mol. The maximum absolute atomic E-state index is 12.1. The Morgan fingerprint density at radius 2 is 1.83 bits per heavy atom. The Morgan fingerprint density at radius 1 is 1.04 bits per heavy atom. The summed E-state index contributed by atoms with van der Waals surface area (Å²) >= 11 is 0. The van der Waals surface area contributed by atoms with Gasteiger partial charge in [0.2, 0.25) is 21.8 Å². The van der Waals surface area contributed by atoms with Crippen molar-refractivity contribution < 1.29 is 12.8 Å². The van der Waals surface area contributed by atoms with Crippen molar-refractivity contribution in [2.45, 2.75) is 18.4 Å². The van der Waals surface area contributed by atoms with Crippen LogP contribution >= 0.6 is 0 Å².